The van der Waals surface area contributed by atoms with Gasteiger partial charge in [0.1, 0.15) is 11.9 Å². The van der Waals surface area contributed by atoms with Gasteiger partial charge in [-0.25, -0.2) is 0 Å². The monoisotopic (exact) mass is 387 g/mol. The number of amides is 1. The van der Waals surface area contributed by atoms with Crippen molar-refractivity contribution in [3.63, 3.8) is 0 Å². The molecule has 1 fully saturated rings. The molecule has 1 amide bonds. The van der Waals surface area contributed by atoms with Gasteiger partial charge in [0.25, 0.3) is 5.91 Å². The number of carbonyl (C=O) groups is 1. The van der Waals surface area contributed by atoms with E-state index < -0.39 is 6.10 Å². The van der Waals surface area contributed by atoms with Crippen LogP contribution in [0.25, 0.3) is 0 Å². The average Bonchev–Trinajstić information content (AvgIpc) is 2.68. The predicted molar refractivity (Wildman–Crippen MR) is 109 cm³/mol. The fourth-order valence-corrected chi connectivity index (χ4v) is 4.01. The Balaban J connectivity index is 1.79. The van der Waals surface area contributed by atoms with E-state index in [0.717, 1.165) is 22.9 Å². The third kappa shape index (κ3) is 4.63. The molecule has 0 spiro atoms. The maximum absolute atomic E-state index is 13.0. The highest BCUT2D eigenvalue weighted by atomic mass is 35.5. The Kier molecular flexibility index (Phi) is 6.40. The van der Waals surface area contributed by atoms with Crippen LogP contribution in [0, 0.1) is 11.8 Å². The van der Waals surface area contributed by atoms with Gasteiger partial charge in [-0.05, 0) is 60.2 Å². The van der Waals surface area contributed by atoms with Gasteiger partial charge in [-0.1, -0.05) is 37.6 Å². The molecule has 0 saturated carbocycles. The SMILES string of the molecule is COc1ccc(NC(=O)[C@@H]2OCC[C@@H](c3ccc(Cl)cc3)[C@@H]2C(C)C)cc1. The highest BCUT2D eigenvalue weighted by Crippen LogP contribution is 2.40. The maximum atomic E-state index is 13.0. The number of nitrogens with one attached hydrogen (secondary N) is 1. The summed E-state index contributed by atoms with van der Waals surface area (Å²) in [6, 6.07) is 15.3. The van der Waals surface area contributed by atoms with Crippen LogP contribution < -0.4 is 10.1 Å². The Morgan fingerprint density at radius 2 is 1.81 bits per heavy atom. The predicted octanol–water partition coefficient (Wildman–Crippen LogP) is 5.13. The molecule has 27 heavy (non-hydrogen) atoms. The minimum absolute atomic E-state index is 0.0955. The van der Waals surface area contributed by atoms with Gasteiger partial charge < -0.3 is 14.8 Å². The Hall–Kier alpha value is -2.04. The smallest absolute Gasteiger partial charge is 0.253 e. The van der Waals surface area contributed by atoms with Crippen LogP contribution in [0.3, 0.4) is 0 Å². The molecule has 3 rings (SSSR count). The number of halogens is 1. The highest BCUT2D eigenvalue weighted by molar-refractivity contribution is 6.30. The molecule has 1 heterocycles. The van der Waals surface area contributed by atoms with E-state index in [0.29, 0.717) is 12.5 Å². The highest BCUT2D eigenvalue weighted by Gasteiger charge is 2.41. The number of anilines is 1. The van der Waals surface area contributed by atoms with Crippen molar-refractivity contribution in [1.82, 2.24) is 0 Å². The molecule has 0 unspecified atom stereocenters. The van der Waals surface area contributed by atoms with Crippen LogP contribution in [-0.4, -0.2) is 25.7 Å². The molecule has 2 aromatic carbocycles. The summed E-state index contributed by atoms with van der Waals surface area (Å²) < 4.78 is 11.1. The molecule has 0 aliphatic carbocycles. The van der Waals surface area contributed by atoms with Crippen molar-refractivity contribution in [2.45, 2.75) is 32.3 Å². The molecule has 3 atom stereocenters. The van der Waals surface area contributed by atoms with Crippen LogP contribution >= 0.6 is 11.6 Å². The molecule has 1 saturated heterocycles. The molecule has 1 aliphatic rings. The Labute approximate surface area is 165 Å². The molecule has 2 aromatic rings. The first-order valence-electron chi connectivity index (χ1n) is 9.31. The number of carbonyl (C=O) groups excluding carboxylic acids is 1. The van der Waals surface area contributed by atoms with E-state index in [9.17, 15) is 4.79 Å². The van der Waals surface area contributed by atoms with E-state index in [1.54, 1.807) is 7.11 Å². The number of methoxy groups -OCH3 is 1. The fourth-order valence-electron chi connectivity index (χ4n) is 3.89. The van der Waals surface area contributed by atoms with Crippen molar-refractivity contribution in [1.29, 1.82) is 0 Å². The molecular formula is C22H26ClNO3. The lowest BCUT2D eigenvalue weighted by Crippen LogP contribution is -2.45. The summed E-state index contributed by atoms with van der Waals surface area (Å²) in [6.45, 7) is 4.86. The third-order valence-electron chi connectivity index (χ3n) is 5.22. The van der Waals surface area contributed by atoms with Gasteiger partial charge in [-0.2, -0.15) is 0 Å². The zero-order chi connectivity index (χ0) is 19.4. The van der Waals surface area contributed by atoms with Crippen molar-refractivity contribution in [2.75, 3.05) is 19.0 Å². The van der Waals surface area contributed by atoms with Crippen LogP contribution in [0.4, 0.5) is 5.69 Å². The summed E-state index contributed by atoms with van der Waals surface area (Å²) in [5.74, 6) is 1.32. The summed E-state index contributed by atoms with van der Waals surface area (Å²) in [6.07, 6.45) is 0.415. The van der Waals surface area contributed by atoms with Gasteiger partial charge in [-0.3, -0.25) is 4.79 Å². The lowest BCUT2D eigenvalue weighted by Gasteiger charge is -2.40. The van der Waals surface area contributed by atoms with Crippen molar-refractivity contribution in [2.24, 2.45) is 11.8 Å². The Morgan fingerprint density at radius 1 is 1.15 bits per heavy atom. The maximum Gasteiger partial charge on any atom is 0.253 e. The van der Waals surface area contributed by atoms with Crippen LogP contribution in [-0.2, 0) is 9.53 Å². The number of hydrogen-bond donors (Lipinski definition) is 1. The fraction of sp³-hybridized carbons (Fsp3) is 0.409. The number of hydrogen-bond acceptors (Lipinski definition) is 3. The molecule has 1 aliphatic heterocycles. The lowest BCUT2D eigenvalue weighted by molar-refractivity contribution is -0.138. The van der Waals surface area contributed by atoms with Gasteiger partial charge in [0, 0.05) is 23.2 Å². The molecule has 5 heteroatoms. The standard InChI is InChI=1S/C22H26ClNO3/c1-14(2)20-19(15-4-6-16(23)7-5-15)12-13-27-21(20)22(25)24-17-8-10-18(26-3)11-9-17/h4-11,14,19-21H,12-13H2,1-3H3,(H,24,25)/t19-,20-,21+/m0/s1. The summed E-state index contributed by atoms with van der Waals surface area (Å²) >= 11 is 6.04. The normalized spacial score (nSPS) is 22.5. The minimum Gasteiger partial charge on any atom is -0.497 e. The number of rotatable bonds is 5. The summed E-state index contributed by atoms with van der Waals surface area (Å²) in [4.78, 5) is 13.0. The van der Waals surface area contributed by atoms with Crippen LogP contribution in [0.2, 0.25) is 5.02 Å². The topological polar surface area (TPSA) is 47.6 Å². The van der Waals surface area contributed by atoms with Crippen LogP contribution in [0.15, 0.2) is 48.5 Å². The Bertz CT molecular complexity index is 758. The summed E-state index contributed by atoms with van der Waals surface area (Å²) in [5, 5.41) is 3.71. The molecule has 0 aromatic heterocycles. The minimum atomic E-state index is -0.485. The average molecular weight is 388 g/mol. The van der Waals surface area contributed by atoms with Crippen molar-refractivity contribution in [3.05, 3.63) is 59.1 Å². The van der Waals surface area contributed by atoms with E-state index in [1.165, 1.54) is 5.56 Å². The largest absolute Gasteiger partial charge is 0.497 e. The second kappa shape index (κ2) is 8.77. The molecule has 0 bridgehead atoms. The molecule has 1 N–H and O–H groups in total. The first-order valence-corrected chi connectivity index (χ1v) is 9.69. The Morgan fingerprint density at radius 3 is 2.41 bits per heavy atom. The quantitative estimate of drug-likeness (QED) is 0.773. The zero-order valence-corrected chi connectivity index (χ0v) is 16.7. The third-order valence-corrected chi connectivity index (χ3v) is 5.48. The molecular weight excluding hydrogens is 362 g/mol. The van der Waals surface area contributed by atoms with Crippen molar-refractivity contribution in [3.8, 4) is 5.75 Å². The van der Waals surface area contributed by atoms with Gasteiger partial charge in [0.05, 0.1) is 7.11 Å². The molecule has 4 nitrogen and oxygen atoms in total. The second-order valence-electron chi connectivity index (χ2n) is 7.28. The molecule has 0 radical (unpaired) electrons. The van der Waals surface area contributed by atoms with Gasteiger partial charge in [0.2, 0.25) is 0 Å². The van der Waals surface area contributed by atoms with Crippen LogP contribution in [0.1, 0.15) is 31.7 Å². The number of benzene rings is 2. The number of ether oxygens (including phenoxy) is 2. The second-order valence-corrected chi connectivity index (χ2v) is 7.71. The van der Waals surface area contributed by atoms with E-state index in [1.807, 2.05) is 36.4 Å². The van der Waals surface area contributed by atoms with Crippen molar-refractivity contribution < 1.29 is 14.3 Å². The van der Waals surface area contributed by atoms with Crippen LogP contribution in [0.5, 0.6) is 5.75 Å². The van der Waals surface area contributed by atoms with E-state index >= 15 is 0 Å². The first kappa shape index (κ1) is 19.7. The lowest BCUT2D eigenvalue weighted by atomic mass is 9.73. The van der Waals surface area contributed by atoms with Crippen molar-refractivity contribution >= 4 is 23.2 Å². The summed E-state index contributed by atoms with van der Waals surface area (Å²) in [7, 11) is 1.62. The van der Waals surface area contributed by atoms with Gasteiger partial charge in [0.15, 0.2) is 0 Å². The molecule has 144 valence electrons. The van der Waals surface area contributed by atoms with E-state index in [2.05, 4.69) is 31.3 Å². The van der Waals surface area contributed by atoms with E-state index in [4.69, 9.17) is 21.1 Å². The zero-order valence-electron chi connectivity index (χ0n) is 15.9. The van der Waals surface area contributed by atoms with Gasteiger partial charge >= 0.3 is 0 Å². The van der Waals surface area contributed by atoms with E-state index in [-0.39, 0.29) is 17.7 Å². The van der Waals surface area contributed by atoms with Gasteiger partial charge in [-0.15, -0.1) is 0 Å². The first-order chi connectivity index (χ1) is 13.0. The summed E-state index contributed by atoms with van der Waals surface area (Å²) in [5.41, 5.74) is 1.95.